The number of pyridine rings is 1. The van der Waals surface area contributed by atoms with Gasteiger partial charge in [-0.1, -0.05) is 52.3 Å². The predicted molar refractivity (Wildman–Crippen MR) is 126 cm³/mol. The molecular weight excluding hydrogens is 477 g/mol. The van der Waals surface area contributed by atoms with Gasteiger partial charge in [0.2, 0.25) is 0 Å². The van der Waals surface area contributed by atoms with Crippen molar-refractivity contribution in [2.75, 3.05) is 6.54 Å². The summed E-state index contributed by atoms with van der Waals surface area (Å²) < 4.78 is 39.4. The third kappa shape index (κ3) is 4.87. The van der Waals surface area contributed by atoms with Crippen LogP contribution >= 0.6 is 15.9 Å². The number of aryl methyl sites for hydroxylation is 1. The molecule has 3 aromatic carbocycles. The summed E-state index contributed by atoms with van der Waals surface area (Å²) in [7, 11) is 0. The van der Waals surface area contributed by atoms with E-state index in [1.165, 1.54) is 28.0 Å². The highest BCUT2D eigenvalue weighted by molar-refractivity contribution is 9.10. The summed E-state index contributed by atoms with van der Waals surface area (Å²) in [4.78, 5) is 4.03. The lowest BCUT2D eigenvalue weighted by atomic mass is 9.89. The topological polar surface area (TPSA) is 24.9 Å². The zero-order valence-electron chi connectivity index (χ0n) is 17.5. The average Bonchev–Trinajstić information content (AvgIpc) is 2.79. The van der Waals surface area contributed by atoms with Crippen molar-refractivity contribution in [1.29, 1.82) is 0 Å². The predicted octanol–water partition coefficient (Wildman–Crippen LogP) is 7.32. The van der Waals surface area contributed by atoms with Gasteiger partial charge in [0.15, 0.2) is 0 Å². The van der Waals surface area contributed by atoms with E-state index in [1.54, 1.807) is 19.2 Å². The van der Waals surface area contributed by atoms with Crippen LogP contribution in [0.5, 0.6) is 0 Å². The SMILES string of the molecule is Brc1cccc2cnccc12.Cc1cc(C(F)(F)F)ccc1-c1cccc2c1CNCC2. The number of hydrogen-bond acceptors (Lipinski definition) is 2. The Labute approximate surface area is 193 Å². The fourth-order valence-corrected chi connectivity index (χ4v) is 4.51. The van der Waals surface area contributed by atoms with Crippen molar-refractivity contribution >= 4 is 26.7 Å². The number of alkyl halides is 3. The zero-order chi connectivity index (χ0) is 22.7. The Morgan fingerprint density at radius 2 is 1.78 bits per heavy atom. The smallest absolute Gasteiger partial charge is 0.312 e. The molecule has 1 aliphatic rings. The van der Waals surface area contributed by atoms with Crippen LogP contribution in [-0.2, 0) is 19.1 Å². The van der Waals surface area contributed by atoms with Crippen LogP contribution < -0.4 is 5.32 Å². The number of benzene rings is 3. The van der Waals surface area contributed by atoms with E-state index in [2.05, 4.69) is 32.3 Å². The summed E-state index contributed by atoms with van der Waals surface area (Å²) in [5, 5.41) is 5.71. The minimum absolute atomic E-state index is 0.591. The van der Waals surface area contributed by atoms with Crippen LogP contribution in [0, 0.1) is 6.92 Å². The quantitative estimate of drug-likeness (QED) is 0.297. The van der Waals surface area contributed by atoms with E-state index in [1.807, 2.05) is 42.6 Å². The van der Waals surface area contributed by atoms with Crippen molar-refractivity contribution in [2.45, 2.75) is 26.1 Å². The molecule has 0 amide bonds. The highest BCUT2D eigenvalue weighted by atomic mass is 79.9. The Kier molecular flexibility index (Phi) is 6.63. The summed E-state index contributed by atoms with van der Waals surface area (Å²) in [5.41, 5.74) is 4.46. The number of rotatable bonds is 1. The minimum Gasteiger partial charge on any atom is -0.312 e. The van der Waals surface area contributed by atoms with Crippen LogP contribution in [0.3, 0.4) is 0 Å². The lowest BCUT2D eigenvalue weighted by Gasteiger charge is -2.21. The monoisotopic (exact) mass is 498 g/mol. The van der Waals surface area contributed by atoms with Crippen LogP contribution in [0.25, 0.3) is 21.9 Å². The second-order valence-corrected chi connectivity index (χ2v) is 8.59. The molecule has 4 aromatic rings. The lowest BCUT2D eigenvalue weighted by molar-refractivity contribution is -0.137. The maximum absolute atomic E-state index is 12.8. The summed E-state index contributed by atoms with van der Waals surface area (Å²) in [5.74, 6) is 0. The van der Waals surface area contributed by atoms with Gasteiger partial charge in [-0.2, -0.15) is 13.2 Å². The molecule has 1 N–H and O–H groups in total. The van der Waals surface area contributed by atoms with Crippen molar-refractivity contribution in [2.24, 2.45) is 0 Å². The molecule has 1 aromatic heterocycles. The van der Waals surface area contributed by atoms with Gasteiger partial charge in [-0.25, -0.2) is 0 Å². The first-order chi connectivity index (χ1) is 15.3. The largest absolute Gasteiger partial charge is 0.416 e. The van der Waals surface area contributed by atoms with E-state index in [0.717, 1.165) is 41.2 Å². The molecule has 1 aliphatic heterocycles. The Bertz CT molecular complexity index is 1250. The lowest BCUT2D eigenvalue weighted by Crippen LogP contribution is -2.24. The molecule has 0 atom stereocenters. The van der Waals surface area contributed by atoms with E-state index in [9.17, 15) is 13.2 Å². The van der Waals surface area contributed by atoms with Gasteiger partial charge in [0.25, 0.3) is 0 Å². The van der Waals surface area contributed by atoms with Gasteiger partial charge in [-0.3, -0.25) is 4.98 Å². The maximum atomic E-state index is 12.8. The standard InChI is InChI=1S/C17H16F3N.C9H6BrN/c1-11-9-13(17(18,19)20)5-6-14(11)15-4-2-3-12-7-8-21-10-16(12)15;10-9-3-1-2-7-6-11-5-4-8(7)9/h2-6,9,21H,7-8,10H2,1H3;1-6H. The molecule has 164 valence electrons. The number of aromatic nitrogens is 1. The summed E-state index contributed by atoms with van der Waals surface area (Å²) >= 11 is 3.47. The van der Waals surface area contributed by atoms with E-state index < -0.39 is 11.7 Å². The fraction of sp³-hybridized carbons (Fsp3) is 0.192. The van der Waals surface area contributed by atoms with Gasteiger partial charge < -0.3 is 5.32 Å². The van der Waals surface area contributed by atoms with Gasteiger partial charge >= 0.3 is 6.18 Å². The third-order valence-corrected chi connectivity index (χ3v) is 6.31. The summed E-state index contributed by atoms with van der Waals surface area (Å²) in [6, 6.07) is 18.1. The first-order valence-corrected chi connectivity index (χ1v) is 11.1. The van der Waals surface area contributed by atoms with Gasteiger partial charge in [0.05, 0.1) is 5.56 Å². The highest BCUT2D eigenvalue weighted by Crippen LogP contribution is 2.35. The molecule has 0 bridgehead atoms. The number of nitrogens with zero attached hydrogens (tertiary/aromatic N) is 1. The van der Waals surface area contributed by atoms with E-state index in [4.69, 9.17) is 0 Å². The molecule has 5 rings (SSSR count). The number of halogens is 4. The Balaban J connectivity index is 0.000000186. The van der Waals surface area contributed by atoms with Gasteiger partial charge in [-0.05, 0) is 77.4 Å². The molecule has 0 aliphatic carbocycles. The molecule has 0 radical (unpaired) electrons. The molecule has 6 heteroatoms. The van der Waals surface area contributed by atoms with Crippen molar-refractivity contribution in [3.05, 3.63) is 99.8 Å². The van der Waals surface area contributed by atoms with Gasteiger partial charge in [-0.15, -0.1) is 0 Å². The van der Waals surface area contributed by atoms with Gasteiger partial charge in [0, 0.05) is 28.8 Å². The van der Waals surface area contributed by atoms with Crippen LogP contribution in [-0.4, -0.2) is 11.5 Å². The van der Waals surface area contributed by atoms with E-state index in [-0.39, 0.29) is 0 Å². The molecular formula is C26H22BrF3N2. The molecule has 0 fully saturated rings. The second kappa shape index (κ2) is 9.43. The highest BCUT2D eigenvalue weighted by Gasteiger charge is 2.30. The molecule has 32 heavy (non-hydrogen) atoms. The summed E-state index contributed by atoms with van der Waals surface area (Å²) in [6.07, 6.45) is 0.330. The first-order valence-electron chi connectivity index (χ1n) is 10.3. The first kappa shape index (κ1) is 22.5. The van der Waals surface area contributed by atoms with E-state index in [0.29, 0.717) is 5.56 Å². The summed E-state index contributed by atoms with van der Waals surface area (Å²) in [6.45, 7) is 3.45. The van der Waals surface area contributed by atoms with Crippen LogP contribution in [0.4, 0.5) is 13.2 Å². The molecule has 0 saturated carbocycles. The molecule has 0 spiro atoms. The third-order valence-electron chi connectivity index (χ3n) is 5.62. The zero-order valence-corrected chi connectivity index (χ0v) is 19.1. The van der Waals surface area contributed by atoms with E-state index >= 15 is 0 Å². The van der Waals surface area contributed by atoms with Crippen LogP contribution in [0.2, 0.25) is 0 Å². The fourth-order valence-electron chi connectivity index (χ4n) is 3.99. The van der Waals surface area contributed by atoms with Crippen LogP contribution in [0.15, 0.2) is 77.5 Å². The van der Waals surface area contributed by atoms with Crippen LogP contribution in [0.1, 0.15) is 22.3 Å². The Morgan fingerprint density at radius 1 is 0.969 bits per heavy atom. The van der Waals surface area contributed by atoms with Crippen molar-refractivity contribution < 1.29 is 13.2 Å². The normalized spacial score (nSPS) is 13.3. The molecule has 2 heterocycles. The molecule has 2 nitrogen and oxygen atoms in total. The van der Waals surface area contributed by atoms with Crippen molar-refractivity contribution in [3.8, 4) is 11.1 Å². The molecule has 0 saturated heterocycles. The second-order valence-electron chi connectivity index (χ2n) is 7.73. The average molecular weight is 499 g/mol. The Hall–Kier alpha value is -2.70. The number of nitrogens with one attached hydrogen (secondary N) is 1. The molecule has 0 unspecified atom stereocenters. The maximum Gasteiger partial charge on any atom is 0.416 e. The van der Waals surface area contributed by atoms with Crippen molar-refractivity contribution in [3.63, 3.8) is 0 Å². The Morgan fingerprint density at radius 3 is 2.53 bits per heavy atom. The van der Waals surface area contributed by atoms with Crippen molar-refractivity contribution in [1.82, 2.24) is 10.3 Å². The number of hydrogen-bond donors (Lipinski definition) is 1. The van der Waals surface area contributed by atoms with Gasteiger partial charge in [0.1, 0.15) is 0 Å². The number of fused-ring (bicyclic) bond motifs is 2. The minimum atomic E-state index is -4.29.